The Kier molecular flexibility index (Phi) is 4.65. The average molecular weight is 384 g/mol. The molecule has 4 rings (SSSR count). The molecule has 0 radical (unpaired) electrons. The number of aliphatic hydroxyl groups is 1. The molecule has 0 aliphatic carbocycles. The number of aliphatic hydroxyl groups excluding tert-OH is 1. The number of carbonyl (C=O) groups excluding carboxylic acids is 1. The zero-order valence-electron chi connectivity index (χ0n) is 17.0. The molecule has 2 aliphatic heterocycles. The molecule has 28 heavy (non-hydrogen) atoms. The van der Waals surface area contributed by atoms with Crippen LogP contribution < -0.4 is 4.74 Å². The summed E-state index contributed by atoms with van der Waals surface area (Å²) in [6.07, 6.45) is 3.16. The van der Waals surface area contributed by atoms with Crippen molar-refractivity contribution in [1.29, 1.82) is 0 Å². The molecule has 0 saturated carbocycles. The van der Waals surface area contributed by atoms with Crippen molar-refractivity contribution in [3.63, 3.8) is 0 Å². The Balaban J connectivity index is 1.50. The van der Waals surface area contributed by atoms with Gasteiger partial charge in [-0.2, -0.15) is 5.10 Å². The molecule has 4 heterocycles. The van der Waals surface area contributed by atoms with Crippen molar-refractivity contribution in [1.82, 2.24) is 19.7 Å². The lowest BCUT2D eigenvalue weighted by Crippen LogP contribution is -2.52. The van der Waals surface area contributed by atoms with Crippen LogP contribution in [0.5, 0.6) is 5.75 Å². The minimum atomic E-state index is -0.621. The van der Waals surface area contributed by atoms with Crippen LogP contribution in [0.4, 0.5) is 0 Å². The van der Waals surface area contributed by atoms with Crippen LogP contribution in [0.25, 0.3) is 0 Å². The van der Waals surface area contributed by atoms with E-state index in [2.05, 4.69) is 10.1 Å². The molecule has 150 valence electrons. The first-order chi connectivity index (χ1) is 13.3. The summed E-state index contributed by atoms with van der Waals surface area (Å²) < 4.78 is 8.11. The summed E-state index contributed by atoms with van der Waals surface area (Å²) in [6, 6.07) is 1.96. The summed E-state index contributed by atoms with van der Waals surface area (Å²) in [7, 11) is 0. The van der Waals surface area contributed by atoms with Crippen LogP contribution in [0.15, 0.2) is 12.3 Å². The highest BCUT2D eigenvalue weighted by molar-refractivity contribution is 5.96. The standard InChI is InChI=1S/C21H28N4O3/c1-5-25-12-17-19(23-25)16(26)11-21(28-17)6-8-24(9-7-21)20(27)18-13(2)10-14(3)22-15(18)4/h10,12,16,26H,5-9,11H2,1-4H3. The predicted octanol–water partition coefficient (Wildman–Crippen LogP) is 2.71. The summed E-state index contributed by atoms with van der Waals surface area (Å²) in [5.74, 6) is 0.711. The first-order valence-corrected chi connectivity index (χ1v) is 10.0. The molecule has 2 aromatic heterocycles. The van der Waals surface area contributed by atoms with Gasteiger partial charge in [0.05, 0.1) is 17.5 Å². The molecular weight excluding hydrogens is 356 g/mol. The van der Waals surface area contributed by atoms with Crippen molar-refractivity contribution in [2.24, 2.45) is 0 Å². The van der Waals surface area contributed by atoms with Crippen molar-refractivity contribution in [2.75, 3.05) is 13.1 Å². The van der Waals surface area contributed by atoms with Gasteiger partial charge in [0.25, 0.3) is 5.91 Å². The number of aryl methyl sites for hydroxylation is 4. The zero-order chi connectivity index (χ0) is 20.1. The number of fused-ring (bicyclic) bond motifs is 1. The van der Waals surface area contributed by atoms with Gasteiger partial charge in [-0.15, -0.1) is 0 Å². The van der Waals surface area contributed by atoms with E-state index in [1.54, 1.807) is 4.68 Å². The lowest BCUT2D eigenvalue weighted by Gasteiger charge is -2.44. The number of ether oxygens (including phenoxy) is 1. The zero-order valence-corrected chi connectivity index (χ0v) is 17.0. The number of amides is 1. The summed E-state index contributed by atoms with van der Waals surface area (Å²) >= 11 is 0. The number of carbonyl (C=O) groups is 1. The molecule has 7 nitrogen and oxygen atoms in total. The second-order valence-electron chi connectivity index (χ2n) is 8.07. The molecule has 1 N–H and O–H groups in total. The fraction of sp³-hybridized carbons (Fsp3) is 0.571. The summed E-state index contributed by atoms with van der Waals surface area (Å²) in [5, 5.41) is 15.0. The van der Waals surface area contributed by atoms with Gasteiger partial charge >= 0.3 is 0 Å². The molecule has 2 aromatic rings. The first-order valence-electron chi connectivity index (χ1n) is 10.0. The Morgan fingerprint density at radius 1 is 1.32 bits per heavy atom. The smallest absolute Gasteiger partial charge is 0.255 e. The van der Waals surface area contributed by atoms with E-state index in [-0.39, 0.29) is 5.91 Å². The molecule has 1 atom stereocenters. The lowest BCUT2D eigenvalue weighted by molar-refractivity contribution is -0.0504. The molecule has 0 bridgehead atoms. The number of likely N-dealkylation sites (tertiary alicyclic amines) is 1. The van der Waals surface area contributed by atoms with E-state index in [1.807, 2.05) is 44.9 Å². The van der Waals surface area contributed by atoms with E-state index >= 15 is 0 Å². The summed E-state index contributed by atoms with van der Waals surface area (Å²) in [4.78, 5) is 19.5. The highest BCUT2D eigenvalue weighted by Gasteiger charge is 2.45. The van der Waals surface area contributed by atoms with Crippen LogP contribution in [0.2, 0.25) is 0 Å². The van der Waals surface area contributed by atoms with Crippen molar-refractivity contribution in [3.05, 3.63) is 40.5 Å². The van der Waals surface area contributed by atoms with Crippen LogP contribution >= 0.6 is 0 Å². The maximum Gasteiger partial charge on any atom is 0.255 e. The number of hydrogen-bond acceptors (Lipinski definition) is 5. The summed E-state index contributed by atoms with van der Waals surface area (Å²) in [5.41, 5.74) is 3.58. The Morgan fingerprint density at radius 3 is 2.68 bits per heavy atom. The van der Waals surface area contributed by atoms with Gasteiger partial charge in [0, 0.05) is 44.6 Å². The minimum Gasteiger partial charge on any atom is -0.483 e. The normalized spacial score (nSPS) is 20.8. The lowest BCUT2D eigenvalue weighted by atomic mass is 9.83. The maximum atomic E-state index is 13.1. The number of pyridine rings is 1. The monoisotopic (exact) mass is 384 g/mol. The van der Waals surface area contributed by atoms with Gasteiger partial charge in [-0.05, 0) is 39.3 Å². The highest BCUT2D eigenvalue weighted by Crippen LogP contribution is 2.43. The summed E-state index contributed by atoms with van der Waals surface area (Å²) in [6.45, 7) is 9.76. The Morgan fingerprint density at radius 2 is 2.04 bits per heavy atom. The third kappa shape index (κ3) is 3.17. The minimum absolute atomic E-state index is 0.0354. The average Bonchev–Trinajstić information content (AvgIpc) is 3.04. The van der Waals surface area contributed by atoms with Crippen LogP contribution in [0, 0.1) is 20.8 Å². The van der Waals surface area contributed by atoms with Crippen LogP contribution in [0.3, 0.4) is 0 Å². The third-order valence-electron chi connectivity index (χ3n) is 5.99. The number of rotatable bonds is 2. The van der Waals surface area contributed by atoms with E-state index in [0.717, 1.165) is 23.5 Å². The van der Waals surface area contributed by atoms with Gasteiger partial charge in [0.2, 0.25) is 0 Å². The van der Waals surface area contributed by atoms with E-state index in [1.165, 1.54) is 0 Å². The van der Waals surface area contributed by atoms with E-state index < -0.39 is 11.7 Å². The van der Waals surface area contributed by atoms with Gasteiger partial charge < -0.3 is 14.7 Å². The molecule has 2 aliphatic rings. The fourth-order valence-corrected chi connectivity index (χ4v) is 4.54. The maximum absolute atomic E-state index is 13.1. The van der Waals surface area contributed by atoms with Gasteiger partial charge in [0.15, 0.2) is 5.75 Å². The Labute approximate surface area is 165 Å². The predicted molar refractivity (Wildman–Crippen MR) is 104 cm³/mol. The topological polar surface area (TPSA) is 80.5 Å². The number of piperidine rings is 1. The van der Waals surface area contributed by atoms with Crippen molar-refractivity contribution >= 4 is 5.91 Å². The van der Waals surface area contributed by atoms with Gasteiger partial charge in [0.1, 0.15) is 17.4 Å². The number of nitrogens with zero attached hydrogens (tertiary/aromatic N) is 4. The largest absolute Gasteiger partial charge is 0.483 e. The number of aromatic nitrogens is 3. The third-order valence-corrected chi connectivity index (χ3v) is 5.99. The molecule has 1 unspecified atom stereocenters. The SMILES string of the molecule is CCn1cc2c(n1)C(O)CC1(CCN(C(=O)c3c(C)cc(C)nc3C)CC1)O2. The van der Waals surface area contributed by atoms with E-state index in [9.17, 15) is 9.90 Å². The molecule has 1 spiro atoms. The fourth-order valence-electron chi connectivity index (χ4n) is 4.54. The quantitative estimate of drug-likeness (QED) is 0.861. The highest BCUT2D eigenvalue weighted by atomic mass is 16.5. The molecular formula is C21H28N4O3. The second-order valence-corrected chi connectivity index (χ2v) is 8.07. The molecule has 1 saturated heterocycles. The van der Waals surface area contributed by atoms with Gasteiger partial charge in [-0.1, -0.05) is 0 Å². The number of hydrogen-bond donors (Lipinski definition) is 1. The Bertz CT molecular complexity index is 889. The molecule has 1 fully saturated rings. The molecule has 7 heteroatoms. The van der Waals surface area contributed by atoms with Crippen LogP contribution in [-0.2, 0) is 6.54 Å². The van der Waals surface area contributed by atoms with Crippen molar-refractivity contribution in [3.8, 4) is 5.75 Å². The van der Waals surface area contributed by atoms with Gasteiger partial charge in [-0.3, -0.25) is 14.5 Å². The van der Waals surface area contributed by atoms with Crippen LogP contribution in [-0.4, -0.2) is 49.4 Å². The molecule has 1 amide bonds. The van der Waals surface area contributed by atoms with Crippen LogP contribution in [0.1, 0.15) is 65.3 Å². The van der Waals surface area contributed by atoms with Gasteiger partial charge in [-0.25, -0.2) is 0 Å². The van der Waals surface area contributed by atoms with Crippen molar-refractivity contribution < 1.29 is 14.6 Å². The first kappa shape index (κ1) is 18.9. The van der Waals surface area contributed by atoms with Crippen molar-refractivity contribution in [2.45, 2.75) is 65.2 Å². The Hall–Kier alpha value is -2.41. The van der Waals surface area contributed by atoms with E-state index in [4.69, 9.17) is 4.74 Å². The van der Waals surface area contributed by atoms with E-state index in [0.29, 0.717) is 49.4 Å². The molecule has 0 aromatic carbocycles. The second kappa shape index (κ2) is 6.88.